The highest BCUT2D eigenvalue weighted by Gasteiger charge is 2.22. The maximum absolute atomic E-state index is 12.9. The Bertz CT molecular complexity index is 1060. The zero-order valence-corrected chi connectivity index (χ0v) is 18.1. The molecule has 3 aromatic rings. The molecule has 0 saturated heterocycles. The number of thiophene rings is 1. The van der Waals surface area contributed by atoms with Gasteiger partial charge in [-0.15, -0.1) is 11.3 Å². The number of nitrogens with zero attached hydrogens (tertiary/aromatic N) is 1. The van der Waals surface area contributed by atoms with Crippen LogP contribution in [0.1, 0.15) is 47.0 Å². The van der Waals surface area contributed by atoms with Gasteiger partial charge in [-0.25, -0.2) is 13.1 Å². The average Bonchev–Trinajstić information content (AvgIpc) is 3.21. The average molecular weight is 425 g/mol. The van der Waals surface area contributed by atoms with Crippen molar-refractivity contribution in [3.05, 3.63) is 93.2 Å². The zero-order chi connectivity index (χ0) is 20.9. The van der Waals surface area contributed by atoms with Gasteiger partial charge in [-0.2, -0.15) is 5.26 Å². The summed E-state index contributed by atoms with van der Waals surface area (Å²) in [6, 6.07) is 20.3. The second kappa shape index (κ2) is 9.36. The third-order valence-corrected chi connectivity index (χ3v) is 6.77. The largest absolute Gasteiger partial charge is 0.216 e. The van der Waals surface area contributed by atoms with Crippen LogP contribution in [0.3, 0.4) is 0 Å². The van der Waals surface area contributed by atoms with E-state index in [0.29, 0.717) is 17.0 Å². The zero-order valence-electron chi connectivity index (χ0n) is 16.5. The summed E-state index contributed by atoms with van der Waals surface area (Å²) in [5.41, 5.74) is 3.32. The highest BCUT2D eigenvalue weighted by atomic mass is 32.2. The monoisotopic (exact) mass is 424 g/mol. The minimum atomic E-state index is -3.58. The summed E-state index contributed by atoms with van der Waals surface area (Å²) in [6.07, 6.45) is 0.994. The van der Waals surface area contributed by atoms with Gasteiger partial charge in [-0.1, -0.05) is 56.3 Å². The van der Waals surface area contributed by atoms with Gasteiger partial charge in [-0.3, -0.25) is 0 Å². The second-order valence-electron chi connectivity index (χ2n) is 7.47. The number of nitrogens with one attached hydrogen (secondary N) is 1. The van der Waals surface area contributed by atoms with Crippen molar-refractivity contribution in [1.82, 2.24) is 4.72 Å². The van der Waals surface area contributed by atoms with Gasteiger partial charge in [-0.05, 0) is 52.6 Å². The van der Waals surface area contributed by atoms with E-state index in [9.17, 15) is 8.42 Å². The summed E-state index contributed by atoms with van der Waals surface area (Å²) in [5.74, 6) is 0.436. The van der Waals surface area contributed by atoms with Crippen molar-refractivity contribution in [2.24, 2.45) is 5.92 Å². The van der Waals surface area contributed by atoms with Gasteiger partial charge in [0.05, 0.1) is 23.4 Å². The molecule has 1 heterocycles. The van der Waals surface area contributed by atoms with Crippen LogP contribution in [0.25, 0.3) is 0 Å². The number of rotatable bonds is 8. The Kier molecular flexibility index (Phi) is 6.86. The van der Waals surface area contributed by atoms with Crippen molar-refractivity contribution in [2.75, 3.05) is 0 Å². The first-order valence-electron chi connectivity index (χ1n) is 9.47. The van der Waals surface area contributed by atoms with Crippen LogP contribution in [0.4, 0.5) is 0 Å². The molecule has 29 heavy (non-hydrogen) atoms. The summed E-state index contributed by atoms with van der Waals surface area (Å²) < 4.78 is 28.6. The van der Waals surface area contributed by atoms with Crippen molar-refractivity contribution in [3.8, 4) is 6.07 Å². The number of hydrogen-bond donors (Lipinski definition) is 1. The number of hydrogen-bond acceptors (Lipinski definition) is 4. The molecule has 0 bridgehead atoms. The van der Waals surface area contributed by atoms with Gasteiger partial charge in [0.2, 0.25) is 10.0 Å². The van der Waals surface area contributed by atoms with Crippen LogP contribution < -0.4 is 4.72 Å². The van der Waals surface area contributed by atoms with E-state index in [2.05, 4.69) is 30.7 Å². The molecule has 4 nitrogen and oxygen atoms in total. The van der Waals surface area contributed by atoms with E-state index in [0.717, 1.165) is 16.9 Å². The SMILES string of the molecule is CC(C)Cc1ccc([C@@H](NS(=O)(=O)Cc2ccc(C#N)cc2)c2cccs2)cc1. The lowest BCUT2D eigenvalue weighted by Gasteiger charge is -2.19. The smallest absolute Gasteiger partial charge is 0.212 e. The second-order valence-corrected chi connectivity index (χ2v) is 10.2. The van der Waals surface area contributed by atoms with Crippen LogP contribution in [0.2, 0.25) is 0 Å². The fourth-order valence-corrected chi connectivity index (χ4v) is 5.39. The normalized spacial score (nSPS) is 12.6. The molecule has 0 radical (unpaired) electrons. The Morgan fingerprint density at radius 1 is 1.00 bits per heavy atom. The van der Waals surface area contributed by atoms with Gasteiger partial charge in [0.15, 0.2) is 0 Å². The van der Waals surface area contributed by atoms with Crippen molar-refractivity contribution in [1.29, 1.82) is 5.26 Å². The molecule has 1 atom stereocenters. The molecular formula is C23H24N2O2S2. The molecule has 2 aromatic carbocycles. The van der Waals surface area contributed by atoms with Crippen molar-refractivity contribution < 1.29 is 8.42 Å². The van der Waals surface area contributed by atoms with E-state index in [4.69, 9.17) is 5.26 Å². The van der Waals surface area contributed by atoms with Crippen LogP contribution >= 0.6 is 11.3 Å². The van der Waals surface area contributed by atoms with E-state index in [1.807, 2.05) is 35.7 Å². The Labute approximate surface area is 176 Å². The lowest BCUT2D eigenvalue weighted by Crippen LogP contribution is -2.30. The highest BCUT2D eigenvalue weighted by molar-refractivity contribution is 7.88. The first kappa shape index (κ1) is 21.3. The molecule has 6 heteroatoms. The van der Waals surface area contributed by atoms with E-state index < -0.39 is 16.1 Å². The topological polar surface area (TPSA) is 70.0 Å². The highest BCUT2D eigenvalue weighted by Crippen LogP contribution is 2.28. The van der Waals surface area contributed by atoms with Crippen LogP contribution in [0.15, 0.2) is 66.0 Å². The fourth-order valence-electron chi connectivity index (χ4n) is 3.18. The molecule has 0 aliphatic heterocycles. The van der Waals surface area contributed by atoms with Crippen molar-refractivity contribution >= 4 is 21.4 Å². The molecule has 0 amide bonds. The van der Waals surface area contributed by atoms with Gasteiger partial charge >= 0.3 is 0 Å². The van der Waals surface area contributed by atoms with E-state index in [1.54, 1.807) is 24.3 Å². The molecule has 150 valence electrons. The van der Waals surface area contributed by atoms with Crippen molar-refractivity contribution in [3.63, 3.8) is 0 Å². The van der Waals surface area contributed by atoms with Crippen LogP contribution in [-0.4, -0.2) is 8.42 Å². The van der Waals surface area contributed by atoms with Gasteiger partial charge < -0.3 is 0 Å². The molecule has 3 rings (SSSR count). The van der Waals surface area contributed by atoms with E-state index in [1.165, 1.54) is 16.9 Å². The molecule has 0 saturated carbocycles. The van der Waals surface area contributed by atoms with E-state index in [-0.39, 0.29) is 5.75 Å². The molecule has 0 unspecified atom stereocenters. The molecular weight excluding hydrogens is 400 g/mol. The van der Waals surface area contributed by atoms with Crippen LogP contribution in [0.5, 0.6) is 0 Å². The summed E-state index contributed by atoms with van der Waals surface area (Å²) in [5, 5.41) is 10.8. The molecule has 1 N–H and O–H groups in total. The van der Waals surface area contributed by atoms with Gasteiger partial charge in [0.25, 0.3) is 0 Å². The number of sulfonamides is 1. The summed E-state index contributed by atoms with van der Waals surface area (Å²) >= 11 is 1.53. The maximum atomic E-state index is 12.9. The quantitative estimate of drug-likeness (QED) is 0.551. The predicted molar refractivity (Wildman–Crippen MR) is 118 cm³/mol. The molecule has 0 fully saturated rings. The van der Waals surface area contributed by atoms with E-state index >= 15 is 0 Å². The standard InChI is InChI=1S/C23H24N2O2S2/c1-17(2)14-18-9-11-21(12-10-18)23(22-4-3-13-28-22)25-29(26,27)16-20-7-5-19(15-24)6-8-20/h3-13,17,23,25H,14,16H2,1-2H3/t23-/m1/s1. The Morgan fingerprint density at radius 2 is 1.66 bits per heavy atom. The number of nitriles is 1. The summed E-state index contributed by atoms with van der Waals surface area (Å²) in [6.45, 7) is 4.36. The maximum Gasteiger partial charge on any atom is 0.216 e. The predicted octanol–water partition coefficient (Wildman–Crippen LogP) is 5.03. The van der Waals surface area contributed by atoms with Crippen LogP contribution in [-0.2, 0) is 22.2 Å². The lowest BCUT2D eigenvalue weighted by molar-refractivity contribution is 0.572. The summed E-state index contributed by atoms with van der Waals surface area (Å²) in [7, 11) is -3.58. The van der Waals surface area contributed by atoms with Crippen molar-refractivity contribution in [2.45, 2.75) is 32.1 Å². The molecule has 0 aliphatic carbocycles. The Balaban J connectivity index is 1.82. The third-order valence-electron chi connectivity index (χ3n) is 4.52. The van der Waals surface area contributed by atoms with Gasteiger partial charge in [0.1, 0.15) is 0 Å². The van der Waals surface area contributed by atoms with Crippen LogP contribution in [0, 0.1) is 17.2 Å². The first-order chi connectivity index (χ1) is 13.9. The summed E-state index contributed by atoms with van der Waals surface area (Å²) in [4.78, 5) is 0.949. The molecule has 0 aliphatic rings. The van der Waals surface area contributed by atoms with Gasteiger partial charge in [0, 0.05) is 4.88 Å². The number of benzene rings is 2. The Hall–Kier alpha value is -2.46. The third kappa shape index (κ3) is 6.01. The fraction of sp³-hybridized carbons (Fsp3) is 0.261. The minimum Gasteiger partial charge on any atom is -0.212 e. The minimum absolute atomic E-state index is 0.133. The Morgan fingerprint density at radius 3 is 2.21 bits per heavy atom. The molecule has 0 spiro atoms. The lowest BCUT2D eigenvalue weighted by atomic mass is 9.99. The first-order valence-corrected chi connectivity index (χ1v) is 12.0. The molecule has 1 aromatic heterocycles.